The average molecular weight is 244 g/mol. The normalized spacial score (nSPS) is 17.0. The molecular formula is C13H16N4O. The number of aromatic nitrogens is 1. The first kappa shape index (κ1) is 12.5. The lowest BCUT2D eigenvalue weighted by Gasteiger charge is -2.19. The Balaban J connectivity index is 2.08. The highest BCUT2D eigenvalue weighted by Crippen LogP contribution is 2.07. The lowest BCUT2D eigenvalue weighted by molar-refractivity contribution is 0.0757. The molecule has 0 saturated carbocycles. The van der Waals surface area contributed by atoms with E-state index in [1.807, 2.05) is 11.0 Å². The molecule has 0 aliphatic carbocycles. The number of pyridine rings is 1. The summed E-state index contributed by atoms with van der Waals surface area (Å²) < 4.78 is 0. The van der Waals surface area contributed by atoms with E-state index < -0.39 is 0 Å². The maximum atomic E-state index is 12.2. The second-order valence-electron chi connectivity index (χ2n) is 4.49. The zero-order chi connectivity index (χ0) is 13.0. The number of likely N-dealkylation sites (N-methyl/N-ethyl adjacent to an activating group) is 1. The molecule has 2 rings (SSSR count). The summed E-state index contributed by atoms with van der Waals surface area (Å²) in [6.07, 6.45) is 2.43. The SMILES string of the molecule is CN1CCCN(C(=O)c2ccc(C#N)cn2)CC1. The van der Waals surface area contributed by atoms with E-state index in [0.29, 0.717) is 11.3 Å². The fourth-order valence-electron chi connectivity index (χ4n) is 2.00. The second-order valence-corrected chi connectivity index (χ2v) is 4.49. The molecule has 0 atom stereocenters. The minimum atomic E-state index is -0.0465. The van der Waals surface area contributed by atoms with E-state index >= 15 is 0 Å². The Labute approximate surface area is 107 Å². The third kappa shape index (κ3) is 2.84. The van der Waals surface area contributed by atoms with Crippen molar-refractivity contribution in [3.8, 4) is 6.07 Å². The zero-order valence-electron chi connectivity index (χ0n) is 10.5. The molecular weight excluding hydrogens is 228 g/mol. The minimum Gasteiger partial charge on any atom is -0.336 e. The van der Waals surface area contributed by atoms with Crippen molar-refractivity contribution in [1.29, 1.82) is 5.26 Å². The topological polar surface area (TPSA) is 60.2 Å². The van der Waals surface area contributed by atoms with Crippen LogP contribution in [0.15, 0.2) is 18.3 Å². The number of nitrogens with zero attached hydrogens (tertiary/aromatic N) is 4. The van der Waals surface area contributed by atoms with Gasteiger partial charge in [-0.1, -0.05) is 0 Å². The lowest BCUT2D eigenvalue weighted by atomic mass is 10.2. The van der Waals surface area contributed by atoms with Crippen molar-refractivity contribution in [3.05, 3.63) is 29.6 Å². The molecule has 1 aliphatic rings. The van der Waals surface area contributed by atoms with Crippen LogP contribution in [0, 0.1) is 11.3 Å². The fraction of sp³-hybridized carbons (Fsp3) is 0.462. The number of hydrogen-bond donors (Lipinski definition) is 0. The standard InChI is InChI=1S/C13H16N4O/c1-16-5-2-6-17(8-7-16)13(18)12-4-3-11(9-14)10-15-12/h3-4,10H,2,5-8H2,1H3. The lowest BCUT2D eigenvalue weighted by Crippen LogP contribution is -2.34. The number of amides is 1. The number of hydrogen-bond acceptors (Lipinski definition) is 4. The Morgan fingerprint density at radius 1 is 1.33 bits per heavy atom. The van der Waals surface area contributed by atoms with Gasteiger partial charge in [-0.25, -0.2) is 4.98 Å². The molecule has 1 amide bonds. The largest absolute Gasteiger partial charge is 0.336 e. The van der Waals surface area contributed by atoms with Gasteiger partial charge in [-0.15, -0.1) is 0 Å². The molecule has 5 heteroatoms. The highest BCUT2D eigenvalue weighted by molar-refractivity contribution is 5.92. The summed E-state index contributed by atoms with van der Waals surface area (Å²) in [5.74, 6) is -0.0465. The smallest absolute Gasteiger partial charge is 0.272 e. The first-order chi connectivity index (χ1) is 8.70. The van der Waals surface area contributed by atoms with E-state index in [4.69, 9.17) is 5.26 Å². The molecule has 18 heavy (non-hydrogen) atoms. The molecule has 1 aromatic heterocycles. The quantitative estimate of drug-likeness (QED) is 0.730. The molecule has 0 spiro atoms. The Hall–Kier alpha value is -1.93. The summed E-state index contributed by atoms with van der Waals surface area (Å²) in [5, 5.41) is 8.69. The van der Waals surface area contributed by atoms with Gasteiger partial charge in [0.05, 0.1) is 5.56 Å². The van der Waals surface area contributed by atoms with Crippen molar-refractivity contribution in [2.75, 3.05) is 33.2 Å². The van der Waals surface area contributed by atoms with Gasteiger partial charge in [-0.3, -0.25) is 4.79 Å². The van der Waals surface area contributed by atoms with Crippen molar-refractivity contribution < 1.29 is 4.79 Å². The summed E-state index contributed by atoms with van der Waals surface area (Å²) in [5.41, 5.74) is 0.890. The number of carbonyl (C=O) groups is 1. The monoisotopic (exact) mass is 244 g/mol. The fourth-order valence-corrected chi connectivity index (χ4v) is 2.00. The van der Waals surface area contributed by atoms with Crippen molar-refractivity contribution in [3.63, 3.8) is 0 Å². The molecule has 0 bridgehead atoms. The highest BCUT2D eigenvalue weighted by atomic mass is 16.2. The minimum absolute atomic E-state index is 0.0465. The van der Waals surface area contributed by atoms with E-state index in [2.05, 4.69) is 16.9 Å². The van der Waals surface area contributed by atoms with Gasteiger partial charge in [0.2, 0.25) is 0 Å². The average Bonchev–Trinajstić information content (AvgIpc) is 2.63. The zero-order valence-corrected chi connectivity index (χ0v) is 10.5. The molecule has 1 fully saturated rings. The first-order valence-corrected chi connectivity index (χ1v) is 6.04. The number of carbonyl (C=O) groups excluding carboxylic acids is 1. The maximum Gasteiger partial charge on any atom is 0.272 e. The van der Waals surface area contributed by atoms with Gasteiger partial charge >= 0.3 is 0 Å². The molecule has 2 heterocycles. The van der Waals surface area contributed by atoms with Crippen LogP contribution in [0.25, 0.3) is 0 Å². The predicted octanol–water partition coefficient (Wildman–Crippen LogP) is 0.731. The van der Waals surface area contributed by atoms with Crippen LogP contribution in [0.4, 0.5) is 0 Å². The molecule has 0 aromatic carbocycles. The predicted molar refractivity (Wildman–Crippen MR) is 67.0 cm³/mol. The number of nitriles is 1. The van der Waals surface area contributed by atoms with Crippen LogP contribution in [0.5, 0.6) is 0 Å². The van der Waals surface area contributed by atoms with Crippen LogP contribution >= 0.6 is 0 Å². The van der Waals surface area contributed by atoms with Gasteiger partial charge in [0, 0.05) is 25.8 Å². The Morgan fingerprint density at radius 2 is 2.17 bits per heavy atom. The van der Waals surface area contributed by atoms with Crippen molar-refractivity contribution in [2.45, 2.75) is 6.42 Å². The van der Waals surface area contributed by atoms with Crippen LogP contribution in [-0.2, 0) is 0 Å². The molecule has 5 nitrogen and oxygen atoms in total. The van der Waals surface area contributed by atoms with Crippen molar-refractivity contribution >= 4 is 5.91 Å². The summed E-state index contributed by atoms with van der Waals surface area (Å²) in [6.45, 7) is 3.41. The Bertz CT molecular complexity index is 463. The van der Waals surface area contributed by atoms with Gasteiger partial charge in [0.1, 0.15) is 11.8 Å². The molecule has 1 aromatic rings. The first-order valence-electron chi connectivity index (χ1n) is 6.04. The second kappa shape index (κ2) is 5.61. The van der Waals surface area contributed by atoms with E-state index in [-0.39, 0.29) is 5.91 Å². The van der Waals surface area contributed by atoms with Crippen molar-refractivity contribution in [1.82, 2.24) is 14.8 Å². The van der Waals surface area contributed by atoms with Crippen LogP contribution in [0.2, 0.25) is 0 Å². The molecule has 1 saturated heterocycles. The summed E-state index contributed by atoms with van der Waals surface area (Å²) in [6, 6.07) is 5.24. The van der Waals surface area contributed by atoms with Gasteiger partial charge in [-0.05, 0) is 32.1 Å². The molecule has 1 aliphatic heterocycles. The highest BCUT2D eigenvalue weighted by Gasteiger charge is 2.19. The van der Waals surface area contributed by atoms with E-state index in [0.717, 1.165) is 32.6 Å². The Kier molecular flexibility index (Phi) is 3.90. The maximum absolute atomic E-state index is 12.2. The van der Waals surface area contributed by atoms with Crippen molar-refractivity contribution in [2.24, 2.45) is 0 Å². The van der Waals surface area contributed by atoms with Crippen LogP contribution in [-0.4, -0.2) is 53.9 Å². The molecule has 94 valence electrons. The molecule has 0 radical (unpaired) electrons. The molecule has 0 N–H and O–H groups in total. The van der Waals surface area contributed by atoms with E-state index in [9.17, 15) is 4.79 Å². The van der Waals surface area contributed by atoms with Crippen LogP contribution in [0.1, 0.15) is 22.5 Å². The van der Waals surface area contributed by atoms with Gasteiger partial charge in [0.25, 0.3) is 5.91 Å². The van der Waals surface area contributed by atoms with E-state index in [1.165, 1.54) is 6.20 Å². The molecule has 0 unspecified atom stereocenters. The summed E-state index contributed by atoms with van der Waals surface area (Å²) >= 11 is 0. The third-order valence-electron chi connectivity index (χ3n) is 3.12. The summed E-state index contributed by atoms with van der Waals surface area (Å²) in [4.78, 5) is 20.3. The van der Waals surface area contributed by atoms with Gasteiger partial charge in [-0.2, -0.15) is 5.26 Å². The number of rotatable bonds is 1. The van der Waals surface area contributed by atoms with Crippen LogP contribution < -0.4 is 0 Å². The van der Waals surface area contributed by atoms with Crippen LogP contribution in [0.3, 0.4) is 0 Å². The van der Waals surface area contributed by atoms with Gasteiger partial charge < -0.3 is 9.80 Å². The Morgan fingerprint density at radius 3 is 2.83 bits per heavy atom. The van der Waals surface area contributed by atoms with Gasteiger partial charge in [0.15, 0.2) is 0 Å². The summed E-state index contributed by atoms with van der Waals surface area (Å²) in [7, 11) is 2.06. The third-order valence-corrected chi connectivity index (χ3v) is 3.12. The van der Waals surface area contributed by atoms with E-state index in [1.54, 1.807) is 12.1 Å².